The van der Waals surface area contributed by atoms with E-state index in [0.29, 0.717) is 18.1 Å². The van der Waals surface area contributed by atoms with Gasteiger partial charge in [-0.25, -0.2) is 4.98 Å². The molecule has 0 unspecified atom stereocenters. The first-order valence-electron chi connectivity index (χ1n) is 3.94. The van der Waals surface area contributed by atoms with Crippen LogP contribution in [0.15, 0.2) is 12.5 Å². The maximum Gasteiger partial charge on any atom is 0.273 e. The molecular weight excluding hydrogens is 190 g/mol. The van der Waals surface area contributed by atoms with E-state index in [1.54, 1.807) is 29.0 Å². The molecule has 0 radical (unpaired) electrons. The number of halogens is 1. The van der Waals surface area contributed by atoms with E-state index >= 15 is 0 Å². The summed E-state index contributed by atoms with van der Waals surface area (Å²) in [6, 6.07) is 0. The third-order valence-corrected chi connectivity index (χ3v) is 1.86. The molecule has 1 aromatic rings. The molecule has 0 aliphatic rings. The fourth-order valence-corrected chi connectivity index (χ4v) is 1.20. The third kappa shape index (κ3) is 2.45. The average molecular weight is 202 g/mol. The number of nitrogens with zero attached hydrogens (tertiary/aromatic N) is 3. The number of aromatic nitrogens is 2. The van der Waals surface area contributed by atoms with E-state index in [9.17, 15) is 4.79 Å². The van der Waals surface area contributed by atoms with Gasteiger partial charge in [-0.1, -0.05) is 0 Å². The van der Waals surface area contributed by atoms with Gasteiger partial charge in [-0.15, -0.1) is 11.6 Å². The Labute approximate surface area is 82.1 Å². The fourth-order valence-electron chi connectivity index (χ4n) is 0.947. The topological polar surface area (TPSA) is 38.1 Å². The molecule has 1 amide bonds. The van der Waals surface area contributed by atoms with Gasteiger partial charge in [0.1, 0.15) is 5.69 Å². The van der Waals surface area contributed by atoms with Gasteiger partial charge in [0.15, 0.2) is 0 Å². The van der Waals surface area contributed by atoms with Gasteiger partial charge in [0, 0.05) is 32.7 Å². The summed E-state index contributed by atoms with van der Waals surface area (Å²) in [6.45, 7) is 0.539. The van der Waals surface area contributed by atoms with E-state index < -0.39 is 0 Å². The highest BCUT2D eigenvalue weighted by atomic mass is 35.5. The Balaban J connectivity index is 2.67. The number of carbonyl (C=O) groups is 1. The summed E-state index contributed by atoms with van der Waals surface area (Å²) in [4.78, 5) is 17.0. The first kappa shape index (κ1) is 10.1. The molecule has 1 rings (SSSR count). The van der Waals surface area contributed by atoms with Crippen LogP contribution in [0.3, 0.4) is 0 Å². The number of hydrogen-bond acceptors (Lipinski definition) is 2. The summed E-state index contributed by atoms with van der Waals surface area (Å²) < 4.78 is 1.74. The smallest absolute Gasteiger partial charge is 0.273 e. The number of rotatable bonds is 3. The van der Waals surface area contributed by atoms with E-state index in [4.69, 9.17) is 11.6 Å². The van der Waals surface area contributed by atoms with Gasteiger partial charge in [-0.3, -0.25) is 4.79 Å². The van der Waals surface area contributed by atoms with Crippen molar-refractivity contribution in [2.24, 2.45) is 7.05 Å². The molecule has 0 atom stereocenters. The molecule has 0 aliphatic carbocycles. The van der Waals surface area contributed by atoms with Crippen LogP contribution in [0, 0.1) is 0 Å². The summed E-state index contributed by atoms with van der Waals surface area (Å²) in [5.74, 6) is 0.343. The molecule has 1 aromatic heterocycles. The van der Waals surface area contributed by atoms with Gasteiger partial charge >= 0.3 is 0 Å². The molecule has 13 heavy (non-hydrogen) atoms. The van der Waals surface area contributed by atoms with Gasteiger partial charge in [-0.2, -0.15) is 0 Å². The van der Waals surface area contributed by atoms with Gasteiger partial charge in [0.05, 0.1) is 6.33 Å². The second-order valence-corrected chi connectivity index (χ2v) is 3.22. The van der Waals surface area contributed by atoms with Crippen LogP contribution in [0.25, 0.3) is 0 Å². The van der Waals surface area contributed by atoms with Crippen LogP contribution in [0.2, 0.25) is 0 Å². The summed E-state index contributed by atoms with van der Waals surface area (Å²) >= 11 is 5.51. The van der Waals surface area contributed by atoms with Crippen molar-refractivity contribution in [3.8, 4) is 0 Å². The summed E-state index contributed by atoms with van der Waals surface area (Å²) in [5, 5.41) is 0. The van der Waals surface area contributed by atoms with Crippen molar-refractivity contribution < 1.29 is 4.79 Å². The lowest BCUT2D eigenvalue weighted by atomic mass is 10.4. The molecule has 0 bridgehead atoms. The minimum Gasteiger partial charge on any atom is -0.340 e. The first-order chi connectivity index (χ1) is 6.15. The van der Waals surface area contributed by atoms with Gasteiger partial charge in [-0.05, 0) is 0 Å². The number of imidazole rings is 1. The monoisotopic (exact) mass is 201 g/mol. The van der Waals surface area contributed by atoms with Gasteiger partial charge in [0.2, 0.25) is 0 Å². The van der Waals surface area contributed by atoms with E-state index in [1.807, 2.05) is 7.05 Å². The number of aryl methyl sites for hydroxylation is 1. The SMILES string of the molecule is CN(CCCl)C(=O)c1cn(C)cn1. The highest BCUT2D eigenvalue weighted by Crippen LogP contribution is 1.99. The van der Waals surface area contributed by atoms with Crippen molar-refractivity contribution in [2.75, 3.05) is 19.5 Å². The predicted octanol–water partition coefficient (Wildman–Crippen LogP) is 0.731. The molecule has 0 fully saturated rings. The first-order valence-corrected chi connectivity index (χ1v) is 4.48. The number of alkyl halides is 1. The van der Waals surface area contributed by atoms with Crippen LogP contribution in [0.4, 0.5) is 0 Å². The molecule has 0 aromatic carbocycles. The fraction of sp³-hybridized carbons (Fsp3) is 0.500. The van der Waals surface area contributed by atoms with E-state index in [-0.39, 0.29) is 5.91 Å². The van der Waals surface area contributed by atoms with Crippen LogP contribution in [-0.2, 0) is 7.05 Å². The average Bonchev–Trinajstić information content (AvgIpc) is 2.51. The molecule has 0 saturated heterocycles. The zero-order chi connectivity index (χ0) is 9.84. The van der Waals surface area contributed by atoms with Crippen LogP contribution in [0.5, 0.6) is 0 Å². The molecule has 1 heterocycles. The van der Waals surface area contributed by atoms with Crippen molar-refractivity contribution >= 4 is 17.5 Å². The lowest BCUT2D eigenvalue weighted by Gasteiger charge is -2.13. The minimum absolute atomic E-state index is 0.0961. The Morgan fingerprint density at radius 3 is 2.92 bits per heavy atom. The standard InChI is InChI=1S/C8H12ClN3O/c1-11-5-7(10-6-11)8(13)12(2)4-3-9/h5-6H,3-4H2,1-2H3. The second-order valence-electron chi connectivity index (χ2n) is 2.84. The summed E-state index contributed by atoms with van der Waals surface area (Å²) in [6.07, 6.45) is 3.29. The normalized spacial score (nSPS) is 10.1. The summed E-state index contributed by atoms with van der Waals surface area (Å²) in [5.41, 5.74) is 0.454. The molecule has 0 spiro atoms. The zero-order valence-corrected chi connectivity index (χ0v) is 8.45. The number of amides is 1. The molecule has 5 heteroatoms. The molecule has 0 saturated carbocycles. The van der Waals surface area contributed by atoms with Crippen LogP contribution in [0.1, 0.15) is 10.5 Å². The van der Waals surface area contributed by atoms with Crippen LogP contribution < -0.4 is 0 Å². The molecule has 0 aliphatic heterocycles. The zero-order valence-electron chi connectivity index (χ0n) is 7.70. The largest absolute Gasteiger partial charge is 0.340 e. The van der Waals surface area contributed by atoms with Crippen molar-refractivity contribution in [3.63, 3.8) is 0 Å². The van der Waals surface area contributed by atoms with Crippen molar-refractivity contribution in [2.45, 2.75) is 0 Å². The quantitative estimate of drug-likeness (QED) is 0.677. The van der Waals surface area contributed by atoms with Crippen molar-refractivity contribution in [1.82, 2.24) is 14.5 Å². The van der Waals surface area contributed by atoms with Crippen LogP contribution >= 0.6 is 11.6 Å². The van der Waals surface area contributed by atoms with Gasteiger partial charge in [0.25, 0.3) is 5.91 Å². The van der Waals surface area contributed by atoms with Crippen LogP contribution in [-0.4, -0.2) is 39.8 Å². The van der Waals surface area contributed by atoms with Crippen molar-refractivity contribution in [1.29, 1.82) is 0 Å². The van der Waals surface area contributed by atoms with E-state index in [1.165, 1.54) is 0 Å². The minimum atomic E-state index is -0.0961. The lowest BCUT2D eigenvalue weighted by Crippen LogP contribution is -2.28. The van der Waals surface area contributed by atoms with Crippen molar-refractivity contribution in [3.05, 3.63) is 18.2 Å². The Hall–Kier alpha value is -1.03. The third-order valence-electron chi connectivity index (χ3n) is 1.69. The van der Waals surface area contributed by atoms with E-state index in [2.05, 4.69) is 4.98 Å². The lowest BCUT2D eigenvalue weighted by molar-refractivity contribution is 0.0798. The maximum atomic E-state index is 11.5. The Kier molecular flexibility index (Phi) is 3.31. The Morgan fingerprint density at radius 2 is 2.46 bits per heavy atom. The maximum absolute atomic E-state index is 11.5. The van der Waals surface area contributed by atoms with Gasteiger partial charge < -0.3 is 9.47 Å². The molecule has 4 nitrogen and oxygen atoms in total. The highest BCUT2D eigenvalue weighted by molar-refractivity contribution is 6.18. The highest BCUT2D eigenvalue weighted by Gasteiger charge is 2.12. The number of hydrogen-bond donors (Lipinski definition) is 0. The molecule has 0 N–H and O–H groups in total. The Bertz CT molecular complexity index is 297. The van der Waals surface area contributed by atoms with E-state index in [0.717, 1.165) is 0 Å². The Morgan fingerprint density at radius 1 is 1.77 bits per heavy atom. The summed E-state index contributed by atoms with van der Waals surface area (Å²) in [7, 11) is 3.53. The second kappa shape index (κ2) is 4.28. The molecular formula is C8H12ClN3O. The number of carbonyl (C=O) groups excluding carboxylic acids is 1. The predicted molar refractivity (Wildman–Crippen MR) is 50.9 cm³/mol. The molecule has 72 valence electrons.